The molecule has 0 saturated carbocycles. The van der Waals surface area contributed by atoms with E-state index in [1.807, 2.05) is 25.1 Å². The molecule has 0 bridgehead atoms. The molecule has 1 heterocycles. The molecular weight excluding hydrogens is 218 g/mol. The molecule has 1 aromatic carbocycles. The Hall–Kier alpha value is -2.17. The van der Waals surface area contributed by atoms with Gasteiger partial charge in [0.05, 0.1) is 19.9 Å². The molecule has 2 rings (SSSR count). The number of para-hydroxylation sites is 1. The van der Waals surface area contributed by atoms with E-state index in [1.165, 1.54) is 0 Å². The van der Waals surface area contributed by atoms with Gasteiger partial charge in [0.25, 0.3) is 0 Å². The molecule has 0 atom stereocenters. The predicted molar refractivity (Wildman–Crippen MR) is 66.2 cm³/mol. The van der Waals surface area contributed by atoms with Crippen LogP contribution < -0.4 is 15.2 Å². The first-order valence-corrected chi connectivity index (χ1v) is 5.37. The molecule has 0 amide bonds. The first kappa shape index (κ1) is 11.3. The number of aromatic amines is 1. The second kappa shape index (κ2) is 4.78. The SMILES string of the molecule is CCOc1c(OC)cccc1-c1cn[nH]c1N. The Morgan fingerprint density at radius 2 is 2.18 bits per heavy atom. The van der Waals surface area contributed by atoms with E-state index in [9.17, 15) is 0 Å². The van der Waals surface area contributed by atoms with E-state index in [1.54, 1.807) is 13.3 Å². The Kier molecular flexibility index (Phi) is 3.18. The van der Waals surface area contributed by atoms with Gasteiger partial charge in [-0.05, 0) is 13.0 Å². The Morgan fingerprint density at radius 3 is 2.76 bits per heavy atom. The highest BCUT2D eigenvalue weighted by atomic mass is 16.5. The standard InChI is InChI=1S/C12H15N3O2/c1-3-17-11-8(5-4-6-10(11)16-2)9-7-14-15-12(9)13/h4-7H,3H2,1-2H3,(H3,13,14,15). The van der Waals surface area contributed by atoms with Crippen molar-refractivity contribution in [1.82, 2.24) is 10.2 Å². The van der Waals surface area contributed by atoms with E-state index in [2.05, 4.69) is 10.2 Å². The lowest BCUT2D eigenvalue weighted by Gasteiger charge is -2.13. The van der Waals surface area contributed by atoms with Gasteiger partial charge < -0.3 is 15.2 Å². The number of H-pyrrole nitrogens is 1. The normalized spacial score (nSPS) is 10.2. The van der Waals surface area contributed by atoms with Crippen LogP contribution in [0, 0.1) is 0 Å². The summed E-state index contributed by atoms with van der Waals surface area (Å²) in [5.74, 6) is 1.88. The van der Waals surface area contributed by atoms with Crippen molar-refractivity contribution in [2.24, 2.45) is 0 Å². The van der Waals surface area contributed by atoms with Crippen LogP contribution in [-0.4, -0.2) is 23.9 Å². The average molecular weight is 233 g/mol. The molecule has 0 saturated heterocycles. The molecule has 0 spiro atoms. The van der Waals surface area contributed by atoms with Crippen molar-refractivity contribution in [3.63, 3.8) is 0 Å². The lowest BCUT2D eigenvalue weighted by molar-refractivity contribution is 0.312. The van der Waals surface area contributed by atoms with Crippen molar-refractivity contribution in [3.05, 3.63) is 24.4 Å². The number of methoxy groups -OCH3 is 1. The van der Waals surface area contributed by atoms with Crippen LogP contribution in [0.15, 0.2) is 24.4 Å². The number of hydrogen-bond acceptors (Lipinski definition) is 4. The number of nitrogens with zero attached hydrogens (tertiary/aromatic N) is 1. The van der Waals surface area contributed by atoms with Gasteiger partial charge in [-0.25, -0.2) is 0 Å². The van der Waals surface area contributed by atoms with Crippen molar-refractivity contribution in [1.29, 1.82) is 0 Å². The van der Waals surface area contributed by atoms with Crippen molar-refractivity contribution in [3.8, 4) is 22.6 Å². The number of hydrogen-bond donors (Lipinski definition) is 2. The number of benzene rings is 1. The van der Waals surface area contributed by atoms with Crippen molar-refractivity contribution < 1.29 is 9.47 Å². The molecule has 1 aromatic heterocycles. The molecule has 2 aromatic rings. The molecule has 0 aliphatic carbocycles. The van der Waals surface area contributed by atoms with E-state index in [4.69, 9.17) is 15.2 Å². The van der Waals surface area contributed by atoms with Gasteiger partial charge in [0.15, 0.2) is 11.5 Å². The van der Waals surface area contributed by atoms with Gasteiger partial charge in [0.2, 0.25) is 0 Å². The van der Waals surface area contributed by atoms with Crippen LogP contribution in [0.25, 0.3) is 11.1 Å². The summed E-state index contributed by atoms with van der Waals surface area (Å²) in [6, 6.07) is 5.67. The summed E-state index contributed by atoms with van der Waals surface area (Å²) in [4.78, 5) is 0. The summed E-state index contributed by atoms with van der Waals surface area (Å²) in [6.07, 6.45) is 1.67. The largest absolute Gasteiger partial charge is 0.493 e. The molecule has 0 fully saturated rings. The fraction of sp³-hybridized carbons (Fsp3) is 0.250. The molecule has 0 unspecified atom stereocenters. The molecule has 5 nitrogen and oxygen atoms in total. The highest BCUT2D eigenvalue weighted by Gasteiger charge is 2.14. The van der Waals surface area contributed by atoms with Gasteiger partial charge in [0, 0.05) is 11.1 Å². The van der Waals surface area contributed by atoms with Crippen LogP contribution in [0.1, 0.15) is 6.92 Å². The topological polar surface area (TPSA) is 73.2 Å². The lowest BCUT2D eigenvalue weighted by Crippen LogP contribution is -1.98. The number of ether oxygens (including phenoxy) is 2. The summed E-state index contributed by atoms with van der Waals surface area (Å²) in [7, 11) is 1.61. The highest BCUT2D eigenvalue weighted by molar-refractivity contribution is 5.80. The summed E-state index contributed by atoms with van der Waals surface area (Å²) < 4.78 is 10.9. The minimum atomic E-state index is 0.513. The maximum atomic E-state index is 5.81. The summed E-state index contributed by atoms with van der Waals surface area (Å²) in [5.41, 5.74) is 7.50. The first-order chi connectivity index (χ1) is 8.27. The van der Waals surface area contributed by atoms with Gasteiger partial charge in [-0.15, -0.1) is 0 Å². The maximum Gasteiger partial charge on any atom is 0.169 e. The zero-order valence-electron chi connectivity index (χ0n) is 9.86. The third kappa shape index (κ3) is 2.04. The zero-order valence-corrected chi connectivity index (χ0v) is 9.86. The first-order valence-electron chi connectivity index (χ1n) is 5.37. The van der Waals surface area contributed by atoms with E-state index < -0.39 is 0 Å². The molecule has 17 heavy (non-hydrogen) atoms. The smallest absolute Gasteiger partial charge is 0.169 e. The summed E-state index contributed by atoms with van der Waals surface area (Å²) in [6.45, 7) is 2.49. The Morgan fingerprint density at radius 1 is 1.35 bits per heavy atom. The lowest BCUT2D eigenvalue weighted by atomic mass is 10.1. The number of nitrogens with one attached hydrogen (secondary N) is 1. The zero-order chi connectivity index (χ0) is 12.3. The van der Waals surface area contributed by atoms with Crippen molar-refractivity contribution in [2.45, 2.75) is 6.92 Å². The average Bonchev–Trinajstić information content (AvgIpc) is 2.76. The monoisotopic (exact) mass is 233 g/mol. The number of rotatable bonds is 4. The Labute approximate surface area is 99.5 Å². The van der Waals surface area contributed by atoms with Crippen LogP contribution in [0.5, 0.6) is 11.5 Å². The summed E-state index contributed by atoms with van der Waals surface area (Å²) >= 11 is 0. The second-order valence-corrected chi connectivity index (χ2v) is 3.47. The predicted octanol–water partition coefficient (Wildman–Crippen LogP) is 2.07. The molecule has 0 aliphatic heterocycles. The van der Waals surface area contributed by atoms with Gasteiger partial charge in [-0.1, -0.05) is 12.1 Å². The van der Waals surface area contributed by atoms with Crippen LogP contribution in [0.3, 0.4) is 0 Å². The summed E-state index contributed by atoms with van der Waals surface area (Å²) in [5, 5.41) is 6.61. The fourth-order valence-corrected chi connectivity index (χ4v) is 1.69. The molecule has 90 valence electrons. The van der Waals surface area contributed by atoms with Gasteiger partial charge in [-0.3, -0.25) is 5.10 Å². The van der Waals surface area contributed by atoms with Crippen LogP contribution in [0.4, 0.5) is 5.82 Å². The van der Waals surface area contributed by atoms with Crippen molar-refractivity contribution in [2.75, 3.05) is 19.5 Å². The second-order valence-electron chi connectivity index (χ2n) is 3.47. The van der Waals surface area contributed by atoms with Gasteiger partial charge in [0.1, 0.15) is 5.82 Å². The maximum absolute atomic E-state index is 5.81. The number of nitrogens with two attached hydrogens (primary N) is 1. The molecule has 0 radical (unpaired) electrons. The van der Waals surface area contributed by atoms with E-state index >= 15 is 0 Å². The minimum absolute atomic E-state index is 0.513. The molecule has 3 N–H and O–H groups in total. The molecular formula is C12H15N3O2. The third-order valence-electron chi connectivity index (χ3n) is 2.45. The number of nitrogen functional groups attached to an aromatic ring is 1. The van der Waals surface area contributed by atoms with E-state index in [0.717, 1.165) is 11.1 Å². The third-order valence-corrected chi connectivity index (χ3v) is 2.45. The van der Waals surface area contributed by atoms with Crippen molar-refractivity contribution >= 4 is 5.82 Å². The number of aromatic nitrogens is 2. The van der Waals surface area contributed by atoms with E-state index in [0.29, 0.717) is 23.9 Å². The van der Waals surface area contributed by atoms with Gasteiger partial charge in [-0.2, -0.15) is 5.10 Å². The quantitative estimate of drug-likeness (QED) is 0.847. The highest BCUT2D eigenvalue weighted by Crippen LogP contribution is 2.39. The van der Waals surface area contributed by atoms with E-state index in [-0.39, 0.29) is 0 Å². The minimum Gasteiger partial charge on any atom is -0.493 e. The van der Waals surface area contributed by atoms with Gasteiger partial charge >= 0.3 is 0 Å². The molecule has 5 heteroatoms. The van der Waals surface area contributed by atoms with Crippen LogP contribution in [0.2, 0.25) is 0 Å². The number of anilines is 1. The van der Waals surface area contributed by atoms with Crippen LogP contribution in [-0.2, 0) is 0 Å². The Balaban J connectivity index is 2.57. The van der Waals surface area contributed by atoms with Crippen LogP contribution >= 0.6 is 0 Å². The molecule has 0 aliphatic rings. The fourth-order valence-electron chi connectivity index (χ4n) is 1.69. The Bertz CT molecular complexity index is 508.